The van der Waals surface area contributed by atoms with Crippen LogP contribution in [0.4, 0.5) is 5.95 Å². The molecule has 0 saturated carbocycles. The molecule has 6 nitrogen and oxygen atoms in total. The minimum atomic E-state index is -0.919. The van der Waals surface area contributed by atoms with Gasteiger partial charge in [-0.05, 0) is 42.3 Å². The molecule has 0 radical (unpaired) electrons. The number of carbonyl (C=O) groups is 1. The van der Waals surface area contributed by atoms with Crippen molar-refractivity contribution in [3.8, 4) is 11.3 Å². The fourth-order valence-electron chi connectivity index (χ4n) is 2.30. The summed E-state index contributed by atoms with van der Waals surface area (Å²) >= 11 is 0. The maximum Gasteiger partial charge on any atom is 0.335 e. The maximum atomic E-state index is 11.0. The Morgan fingerprint density at radius 3 is 2.83 bits per heavy atom. The molecule has 0 spiro atoms. The molecule has 0 aliphatic rings. The van der Waals surface area contributed by atoms with Gasteiger partial charge in [-0.25, -0.2) is 14.8 Å². The first kappa shape index (κ1) is 15.6. The number of benzene rings is 1. The normalized spacial score (nSPS) is 10.3. The number of aromatic nitrogens is 3. The molecule has 2 heterocycles. The third-order valence-electron chi connectivity index (χ3n) is 3.48. The van der Waals surface area contributed by atoms with E-state index in [1.165, 1.54) is 0 Å². The van der Waals surface area contributed by atoms with Crippen molar-refractivity contribution >= 4 is 11.9 Å². The summed E-state index contributed by atoms with van der Waals surface area (Å²) in [5.41, 5.74) is 2.97. The van der Waals surface area contributed by atoms with Gasteiger partial charge in [-0.1, -0.05) is 12.1 Å². The number of hydrogen-bond donors (Lipinski definition) is 2. The molecule has 0 saturated heterocycles. The lowest BCUT2D eigenvalue weighted by atomic mass is 10.1. The van der Waals surface area contributed by atoms with Gasteiger partial charge >= 0.3 is 5.97 Å². The van der Waals surface area contributed by atoms with Crippen molar-refractivity contribution in [3.05, 3.63) is 72.2 Å². The second kappa shape index (κ2) is 7.32. The predicted molar refractivity (Wildman–Crippen MR) is 90.9 cm³/mol. The molecule has 2 N–H and O–H groups in total. The molecule has 2 aromatic heterocycles. The van der Waals surface area contributed by atoms with Crippen LogP contribution < -0.4 is 5.32 Å². The fourth-order valence-corrected chi connectivity index (χ4v) is 2.30. The standard InChI is InChI=1S/C18H16N4O2/c23-17(24)14-4-1-3-13(11-14)6-9-20-18-21-10-7-16(22-18)15-5-2-8-19-12-15/h1-5,7-8,10-12H,6,9H2,(H,23,24)(H,20,21,22). The Bertz CT molecular complexity index is 837. The van der Waals surface area contributed by atoms with Crippen molar-refractivity contribution in [2.24, 2.45) is 0 Å². The van der Waals surface area contributed by atoms with Crippen molar-refractivity contribution in [2.75, 3.05) is 11.9 Å². The fraction of sp³-hybridized carbons (Fsp3) is 0.111. The van der Waals surface area contributed by atoms with Crippen LogP contribution >= 0.6 is 0 Å². The van der Waals surface area contributed by atoms with E-state index in [4.69, 9.17) is 5.11 Å². The molecule has 0 unspecified atom stereocenters. The van der Waals surface area contributed by atoms with Crippen LogP contribution in [0, 0.1) is 0 Å². The van der Waals surface area contributed by atoms with E-state index in [9.17, 15) is 4.79 Å². The summed E-state index contributed by atoms with van der Waals surface area (Å²) in [4.78, 5) is 23.7. The van der Waals surface area contributed by atoms with Gasteiger partial charge in [-0.2, -0.15) is 0 Å². The largest absolute Gasteiger partial charge is 0.478 e. The Balaban J connectivity index is 1.63. The molecule has 0 fully saturated rings. The summed E-state index contributed by atoms with van der Waals surface area (Å²) in [6.07, 6.45) is 5.85. The van der Waals surface area contributed by atoms with Crippen molar-refractivity contribution in [3.63, 3.8) is 0 Å². The average Bonchev–Trinajstić information content (AvgIpc) is 2.63. The molecule has 6 heteroatoms. The molecule has 24 heavy (non-hydrogen) atoms. The number of carboxylic acid groups (broad SMARTS) is 1. The summed E-state index contributed by atoms with van der Waals surface area (Å²) in [6, 6.07) is 12.5. The summed E-state index contributed by atoms with van der Waals surface area (Å²) in [5.74, 6) is -0.386. The van der Waals surface area contributed by atoms with Gasteiger partial charge in [0.05, 0.1) is 11.3 Å². The monoisotopic (exact) mass is 320 g/mol. The molecule has 0 atom stereocenters. The van der Waals surface area contributed by atoms with Crippen LogP contribution in [-0.4, -0.2) is 32.6 Å². The van der Waals surface area contributed by atoms with Gasteiger partial charge in [0.25, 0.3) is 0 Å². The van der Waals surface area contributed by atoms with Crippen molar-refractivity contribution < 1.29 is 9.90 Å². The first-order valence-electron chi connectivity index (χ1n) is 7.52. The van der Waals surface area contributed by atoms with E-state index in [1.54, 1.807) is 36.8 Å². The van der Waals surface area contributed by atoms with Crippen LogP contribution in [0.5, 0.6) is 0 Å². The zero-order chi connectivity index (χ0) is 16.8. The highest BCUT2D eigenvalue weighted by molar-refractivity contribution is 5.87. The first-order chi connectivity index (χ1) is 11.7. The van der Waals surface area contributed by atoms with Gasteiger partial charge < -0.3 is 10.4 Å². The van der Waals surface area contributed by atoms with Gasteiger partial charge in [-0.15, -0.1) is 0 Å². The van der Waals surface area contributed by atoms with Crippen LogP contribution in [0.15, 0.2) is 61.1 Å². The van der Waals surface area contributed by atoms with Gasteiger partial charge in [0, 0.05) is 30.7 Å². The lowest BCUT2D eigenvalue weighted by molar-refractivity contribution is 0.0696. The van der Waals surface area contributed by atoms with Crippen LogP contribution in [-0.2, 0) is 6.42 Å². The number of hydrogen-bond acceptors (Lipinski definition) is 5. The Morgan fingerprint density at radius 2 is 2.04 bits per heavy atom. The first-order valence-corrected chi connectivity index (χ1v) is 7.52. The molecule has 3 rings (SSSR count). The van der Waals surface area contributed by atoms with Crippen LogP contribution in [0.3, 0.4) is 0 Å². The number of nitrogens with one attached hydrogen (secondary N) is 1. The van der Waals surface area contributed by atoms with E-state index in [0.29, 0.717) is 24.5 Å². The molecule has 0 aliphatic carbocycles. The lowest BCUT2D eigenvalue weighted by Gasteiger charge is -2.07. The topological polar surface area (TPSA) is 88.0 Å². The predicted octanol–water partition coefficient (Wildman–Crippen LogP) is 2.89. The highest BCUT2D eigenvalue weighted by Crippen LogP contribution is 2.15. The quantitative estimate of drug-likeness (QED) is 0.726. The SMILES string of the molecule is O=C(O)c1cccc(CCNc2nccc(-c3cccnc3)n2)c1. The van der Waals surface area contributed by atoms with Crippen LogP contribution in [0.25, 0.3) is 11.3 Å². The molecule has 120 valence electrons. The van der Waals surface area contributed by atoms with E-state index in [1.807, 2.05) is 24.3 Å². The van der Waals surface area contributed by atoms with Crippen molar-refractivity contribution in [1.29, 1.82) is 0 Å². The van der Waals surface area contributed by atoms with E-state index in [-0.39, 0.29) is 0 Å². The molecule has 0 bridgehead atoms. The molecule has 1 aromatic carbocycles. The Kier molecular flexibility index (Phi) is 4.76. The molecule has 3 aromatic rings. The van der Waals surface area contributed by atoms with Crippen molar-refractivity contribution in [1.82, 2.24) is 15.0 Å². The van der Waals surface area contributed by atoms with Gasteiger partial charge in [0.1, 0.15) is 0 Å². The highest BCUT2D eigenvalue weighted by atomic mass is 16.4. The minimum Gasteiger partial charge on any atom is -0.478 e. The Labute approximate surface area is 139 Å². The minimum absolute atomic E-state index is 0.294. The zero-order valence-electron chi connectivity index (χ0n) is 12.9. The van der Waals surface area contributed by atoms with E-state index in [2.05, 4.69) is 20.3 Å². The third kappa shape index (κ3) is 3.92. The summed E-state index contributed by atoms with van der Waals surface area (Å²) in [5, 5.41) is 12.2. The average molecular weight is 320 g/mol. The van der Waals surface area contributed by atoms with E-state index >= 15 is 0 Å². The molecular weight excluding hydrogens is 304 g/mol. The number of nitrogens with zero attached hydrogens (tertiary/aromatic N) is 3. The van der Waals surface area contributed by atoms with E-state index in [0.717, 1.165) is 16.8 Å². The lowest BCUT2D eigenvalue weighted by Crippen LogP contribution is -2.08. The molecule has 0 amide bonds. The van der Waals surface area contributed by atoms with Crippen LogP contribution in [0.1, 0.15) is 15.9 Å². The second-order valence-corrected chi connectivity index (χ2v) is 5.19. The van der Waals surface area contributed by atoms with Gasteiger partial charge in [0.2, 0.25) is 5.95 Å². The molecule has 0 aliphatic heterocycles. The molecular formula is C18H16N4O2. The third-order valence-corrected chi connectivity index (χ3v) is 3.48. The highest BCUT2D eigenvalue weighted by Gasteiger charge is 2.04. The van der Waals surface area contributed by atoms with Crippen LogP contribution in [0.2, 0.25) is 0 Å². The van der Waals surface area contributed by atoms with E-state index < -0.39 is 5.97 Å². The summed E-state index contributed by atoms with van der Waals surface area (Å²) < 4.78 is 0. The maximum absolute atomic E-state index is 11.0. The number of anilines is 1. The van der Waals surface area contributed by atoms with Crippen molar-refractivity contribution in [2.45, 2.75) is 6.42 Å². The number of aromatic carboxylic acids is 1. The number of rotatable bonds is 6. The summed E-state index contributed by atoms with van der Waals surface area (Å²) in [7, 11) is 0. The summed E-state index contributed by atoms with van der Waals surface area (Å²) in [6.45, 7) is 0.611. The van der Waals surface area contributed by atoms with Gasteiger partial charge in [0.15, 0.2) is 0 Å². The van der Waals surface area contributed by atoms with Gasteiger partial charge in [-0.3, -0.25) is 4.98 Å². The number of carboxylic acids is 1. The number of pyridine rings is 1. The zero-order valence-corrected chi connectivity index (χ0v) is 12.9. The smallest absolute Gasteiger partial charge is 0.335 e. The Hall–Kier alpha value is -3.28. The second-order valence-electron chi connectivity index (χ2n) is 5.19. The Morgan fingerprint density at radius 1 is 1.12 bits per heavy atom.